The summed E-state index contributed by atoms with van der Waals surface area (Å²) in [5, 5.41) is 1.31. The van der Waals surface area contributed by atoms with Crippen molar-refractivity contribution >= 4 is 45.0 Å². The second-order valence-electron chi connectivity index (χ2n) is 10.5. The Morgan fingerprint density at radius 2 is 1.88 bits per heavy atom. The van der Waals surface area contributed by atoms with Crippen molar-refractivity contribution in [1.82, 2.24) is 24.8 Å². The number of ether oxygens (including phenoxy) is 1. The SMILES string of the molecule is C=CC(=O)N1CCN(c2nc(OC)nc3c(F)c(-c4cccc5ccc(F)c(Cl)c45)ncc23)CC1C.CN1CCCC1. The van der Waals surface area contributed by atoms with Gasteiger partial charge in [0.05, 0.1) is 17.5 Å². The van der Waals surface area contributed by atoms with Gasteiger partial charge < -0.3 is 19.4 Å². The summed E-state index contributed by atoms with van der Waals surface area (Å²) in [6.07, 6.45) is 5.62. The van der Waals surface area contributed by atoms with Gasteiger partial charge in [-0.25, -0.2) is 8.78 Å². The number of carbonyl (C=O) groups is 1. The van der Waals surface area contributed by atoms with Crippen LogP contribution in [0.3, 0.4) is 0 Å². The number of anilines is 1. The summed E-state index contributed by atoms with van der Waals surface area (Å²) in [6, 6.07) is 7.87. The monoisotopic (exact) mass is 594 g/mol. The maximum absolute atomic E-state index is 16.0. The van der Waals surface area contributed by atoms with Crippen molar-refractivity contribution in [3.05, 3.63) is 65.8 Å². The van der Waals surface area contributed by atoms with E-state index in [-0.39, 0.29) is 34.2 Å². The summed E-state index contributed by atoms with van der Waals surface area (Å²) in [7, 11) is 3.58. The first-order valence-electron chi connectivity index (χ1n) is 13.9. The molecule has 1 atom stereocenters. The molecule has 220 valence electrons. The number of hydrogen-bond acceptors (Lipinski definition) is 7. The van der Waals surface area contributed by atoms with Crippen molar-refractivity contribution in [1.29, 1.82) is 0 Å². The zero-order valence-corrected chi connectivity index (χ0v) is 24.7. The molecule has 2 aromatic carbocycles. The summed E-state index contributed by atoms with van der Waals surface area (Å²) in [5.41, 5.74) is 0.353. The smallest absolute Gasteiger partial charge is 0.318 e. The highest BCUT2D eigenvalue weighted by molar-refractivity contribution is 6.36. The lowest BCUT2D eigenvalue weighted by Crippen LogP contribution is -2.54. The summed E-state index contributed by atoms with van der Waals surface area (Å²) in [6.45, 7) is 9.52. The van der Waals surface area contributed by atoms with Gasteiger partial charge >= 0.3 is 6.01 Å². The number of rotatable bonds is 4. The molecule has 2 fully saturated rings. The number of halogens is 3. The van der Waals surface area contributed by atoms with Gasteiger partial charge in [-0.3, -0.25) is 9.78 Å². The average Bonchev–Trinajstić information content (AvgIpc) is 3.49. The van der Waals surface area contributed by atoms with Crippen LogP contribution in [-0.2, 0) is 4.79 Å². The Bertz CT molecular complexity index is 1650. The van der Waals surface area contributed by atoms with Crippen molar-refractivity contribution in [3.8, 4) is 17.3 Å². The van der Waals surface area contributed by atoms with Crippen molar-refractivity contribution in [2.45, 2.75) is 25.8 Å². The molecule has 4 heterocycles. The van der Waals surface area contributed by atoms with Gasteiger partial charge in [-0.1, -0.05) is 42.4 Å². The highest BCUT2D eigenvalue weighted by Crippen LogP contribution is 2.38. The molecule has 2 saturated heterocycles. The maximum atomic E-state index is 16.0. The Hall–Kier alpha value is -3.89. The van der Waals surface area contributed by atoms with Crippen LogP contribution in [0.2, 0.25) is 5.02 Å². The number of piperazine rings is 1. The Labute approximate surface area is 248 Å². The van der Waals surface area contributed by atoms with Crippen LogP contribution in [-0.4, -0.2) is 83.6 Å². The number of carbonyl (C=O) groups excluding carboxylic acids is 1. The lowest BCUT2D eigenvalue weighted by atomic mass is 10.0. The van der Waals surface area contributed by atoms with Crippen LogP contribution in [0.1, 0.15) is 19.8 Å². The van der Waals surface area contributed by atoms with Crippen molar-refractivity contribution in [2.75, 3.05) is 51.8 Å². The Morgan fingerprint density at radius 1 is 1.12 bits per heavy atom. The molecule has 11 heteroatoms. The molecule has 1 unspecified atom stereocenters. The lowest BCUT2D eigenvalue weighted by Gasteiger charge is -2.40. The van der Waals surface area contributed by atoms with Crippen LogP contribution in [0.4, 0.5) is 14.6 Å². The summed E-state index contributed by atoms with van der Waals surface area (Å²) >= 11 is 6.27. The number of amides is 1. The van der Waals surface area contributed by atoms with Crippen LogP contribution in [0.25, 0.3) is 32.9 Å². The molecule has 0 bridgehead atoms. The Balaban J connectivity index is 0.000000524. The van der Waals surface area contributed by atoms with Crippen LogP contribution >= 0.6 is 11.6 Å². The van der Waals surface area contributed by atoms with Gasteiger partial charge in [-0.2, -0.15) is 9.97 Å². The fraction of sp³-hybridized carbons (Fsp3) is 0.355. The minimum absolute atomic E-state index is 0.00667. The fourth-order valence-electron chi connectivity index (χ4n) is 5.52. The topological polar surface area (TPSA) is 74.7 Å². The first-order chi connectivity index (χ1) is 20.2. The lowest BCUT2D eigenvalue weighted by molar-refractivity contribution is -0.128. The zero-order chi connectivity index (χ0) is 30.0. The van der Waals surface area contributed by atoms with Crippen molar-refractivity contribution < 1.29 is 18.3 Å². The first-order valence-corrected chi connectivity index (χ1v) is 14.2. The van der Waals surface area contributed by atoms with Gasteiger partial charge in [0.25, 0.3) is 0 Å². The van der Waals surface area contributed by atoms with Crippen LogP contribution in [0.5, 0.6) is 6.01 Å². The molecule has 6 rings (SSSR count). The van der Waals surface area contributed by atoms with E-state index in [1.54, 1.807) is 29.2 Å². The number of benzene rings is 2. The van der Waals surface area contributed by atoms with E-state index < -0.39 is 11.6 Å². The normalized spacial score (nSPS) is 17.3. The predicted molar refractivity (Wildman–Crippen MR) is 162 cm³/mol. The van der Waals surface area contributed by atoms with E-state index in [0.29, 0.717) is 47.2 Å². The maximum Gasteiger partial charge on any atom is 0.318 e. The van der Waals surface area contributed by atoms with E-state index in [1.807, 2.05) is 11.8 Å². The second kappa shape index (κ2) is 12.5. The van der Waals surface area contributed by atoms with E-state index in [2.05, 4.69) is 33.5 Å². The summed E-state index contributed by atoms with van der Waals surface area (Å²) in [4.78, 5) is 31.3. The molecule has 0 radical (unpaired) electrons. The number of likely N-dealkylation sites (tertiary alicyclic amines) is 1. The van der Waals surface area contributed by atoms with E-state index in [4.69, 9.17) is 16.3 Å². The number of pyridine rings is 1. The molecule has 0 saturated carbocycles. The molecule has 0 N–H and O–H groups in total. The van der Waals surface area contributed by atoms with Gasteiger partial charge in [0.15, 0.2) is 5.82 Å². The second-order valence-corrected chi connectivity index (χ2v) is 10.9. The highest BCUT2D eigenvalue weighted by atomic mass is 35.5. The number of nitrogens with zero attached hydrogens (tertiary/aromatic N) is 6. The van der Waals surface area contributed by atoms with E-state index in [0.717, 1.165) is 0 Å². The predicted octanol–water partition coefficient (Wildman–Crippen LogP) is 5.72. The third-order valence-electron chi connectivity index (χ3n) is 7.73. The molecule has 2 aromatic heterocycles. The molecule has 2 aliphatic heterocycles. The van der Waals surface area contributed by atoms with Gasteiger partial charge in [-0.05, 0) is 57.4 Å². The average molecular weight is 595 g/mol. The molecule has 0 aliphatic carbocycles. The van der Waals surface area contributed by atoms with Crippen molar-refractivity contribution in [2.24, 2.45) is 0 Å². The molecule has 1 amide bonds. The Morgan fingerprint density at radius 3 is 2.52 bits per heavy atom. The number of fused-ring (bicyclic) bond motifs is 2. The first kappa shape index (κ1) is 29.6. The number of hydrogen-bond donors (Lipinski definition) is 0. The summed E-state index contributed by atoms with van der Waals surface area (Å²) in [5.74, 6) is -0.993. The molecule has 42 heavy (non-hydrogen) atoms. The molecule has 0 spiro atoms. The van der Waals surface area contributed by atoms with E-state index >= 15 is 4.39 Å². The van der Waals surface area contributed by atoms with Crippen molar-refractivity contribution in [3.63, 3.8) is 0 Å². The summed E-state index contributed by atoms with van der Waals surface area (Å²) < 4.78 is 35.6. The third kappa shape index (κ3) is 5.73. The van der Waals surface area contributed by atoms with Gasteiger partial charge in [0.1, 0.15) is 22.8 Å². The molecule has 4 aromatic rings. The molecular formula is C31H33ClF2N6O2. The van der Waals surface area contributed by atoms with Crippen LogP contribution in [0, 0.1) is 11.6 Å². The minimum atomic E-state index is -0.698. The number of aromatic nitrogens is 3. The van der Waals surface area contributed by atoms with E-state index in [1.165, 1.54) is 51.4 Å². The fourth-order valence-corrected chi connectivity index (χ4v) is 5.79. The van der Waals surface area contributed by atoms with E-state index in [9.17, 15) is 9.18 Å². The Kier molecular flexibility index (Phi) is 8.84. The highest BCUT2D eigenvalue weighted by Gasteiger charge is 2.29. The zero-order valence-electron chi connectivity index (χ0n) is 23.9. The quantitative estimate of drug-likeness (QED) is 0.280. The van der Waals surface area contributed by atoms with Crippen LogP contribution < -0.4 is 9.64 Å². The van der Waals surface area contributed by atoms with Gasteiger partial charge in [0, 0.05) is 42.8 Å². The molecule has 8 nitrogen and oxygen atoms in total. The molecular weight excluding hydrogens is 562 g/mol. The number of methoxy groups -OCH3 is 1. The standard InChI is InChI=1S/C26H22ClF2N5O2.C5H11N/c1-4-19(35)34-11-10-33(13-14(34)2)25-17-12-30-23(22(29)24(17)31-26(32-25)36-3)16-7-5-6-15-8-9-18(28)21(27)20(15)16;1-6-4-2-3-5-6/h4-9,12,14H,1,10-11,13H2,2-3H3;2-5H2,1H3. The van der Waals surface area contributed by atoms with Crippen LogP contribution in [0.15, 0.2) is 49.2 Å². The molecule has 2 aliphatic rings. The van der Waals surface area contributed by atoms with Gasteiger partial charge in [-0.15, -0.1) is 0 Å². The third-order valence-corrected chi connectivity index (χ3v) is 8.10. The minimum Gasteiger partial charge on any atom is -0.467 e. The van der Waals surface area contributed by atoms with Gasteiger partial charge in [0.2, 0.25) is 5.91 Å². The largest absolute Gasteiger partial charge is 0.467 e.